The highest BCUT2D eigenvalue weighted by atomic mass is 19.5. The molecule has 0 saturated carbocycles. The molecule has 1 aromatic carbocycles. The fraction of sp³-hybridized carbons (Fsp3) is 0.100. The number of halogens is 4. The van der Waals surface area contributed by atoms with Gasteiger partial charge < -0.3 is 17.3 Å². The van der Waals surface area contributed by atoms with Crippen LogP contribution in [0.1, 0.15) is 0 Å². The fourth-order valence-electron chi connectivity index (χ4n) is 1.08. The van der Waals surface area contributed by atoms with Gasteiger partial charge in [0.25, 0.3) is 6.33 Å². The molecule has 0 spiro atoms. The van der Waals surface area contributed by atoms with Crippen LogP contribution >= 0.6 is 0 Å². The third-order valence-corrected chi connectivity index (χ3v) is 1.70. The molecule has 0 amide bonds. The quantitative estimate of drug-likeness (QED) is 0.462. The van der Waals surface area contributed by atoms with E-state index >= 15 is 0 Å². The molecule has 0 aliphatic heterocycles. The monoisotopic (exact) mass is 262 g/mol. The summed E-state index contributed by atoms with van der Waals surface area (Å²) in [6.45, 7) is 0. The fourth-order valence-corrected chi connectivity index (χ4v) is 1.08. The molecule has 2 aromatic rings. The van der Waals surface area contributed by atoms with Gasteiger partial charge in [0, 0.05) is 0 Å². The van der Waals surface area contributed by atoms with E-state index < -0.39 is 7.25 Å². The Morgan fingerprint density at radius 2 is 1.67 bits per heavy atom. The van der Waals surface area contributed by atoms with E-state index in [2.05, 4.69) is 0 Å². The minimum Gasteiger partial charge on any atom is -0.418 e. The van der Waals surface area contributed by atoms with Gasteiger partial charge in [0.05, 0.1) is 7.05 Å². The summed E-state index contributed by atoms with van der Waals surface area (Å²) >= 11 is 0. The molecule has 2 rings (SSSR count). The average molecular weight is 262 g/mol. The molecular formula is C10H11BF4N2O. The van der Waals surface area contributed by atoms with Crippen molar-refractivity contribution in [3.05, 3.63) is 49.1 Å². The molecule has 0 saturated heterocycles. The van der Waals surface area contributed by atoms with Crippen molar-refractivity contribution in [3.8, 4) is 5.75 Å². The number of nitrogens with zero attached hydrogens (tertiary/aromatic N) is 2. The number of para-hydroxylation sites is 1. The first-order valence-corrected chi connectivity index (χ1v) is 4.98. The lowest BCUT2D eigenvalue weighted by Crippen LogP contribution is -2.24. The van der Waals surface area contributed by atoms with Crippen molar-refractivity contribution < 1.29 is 26.7 Å². The van der Waals surface area contributed by atoms with Gasteiger partial charge >= 0.3 is 7.25 Å². The standard InChI is InChI=1S/C10H11N2O.BF4/c1-11-7-8-12(9-11)13-10-5-3-2-4-6-10;2-1(3,4)5/h2-9H,1H3;/q+1;-1. The van der Waals surface area contributed by atoms with Crippen molar-refractivity contribution in [3.63, 3.8) is 0 Å². The predicted octanol–water partition coefficient (Wildman–Crippen LogP) is 2.45. The summed E-state index contributed by atoms with van der Waals surface area (Å²) in [5, 5.41) is 0. The maximum atomic E-state index is 9.75. The normalized spacial score (nSPS) is 10.5. The zero-order valence-corrected chi connectivity index (χ0v) is 9.51. The smallest absolute Gasteiger partial charge is 0.418 e. The molecule has 98 valence electrons. The molecule has 0 fully saturated rings. The number of hydrogen-bond donors (Lipinski definition) is 0. The summed E-state index contributed by atoms with van der Waals surface area (Å²) in [7, 11) is -4.05. The summed E-state index contributed by atoms with van der Waals surface area (Å²) in [6, 6.07) is 9.68. The number of hydrogen-bond acceptors (Lipinski definition) is 1. The molecule has 8 heteroatoms. The topological polar surface area (TPSA) is 18.0 Å². The third-order valence-electron chi connectivity index (χ3n) is 1.70. The van der Waals surface area contributed by atoms with Crippen LogP contribution in [-0.4, -0.2) is 12.0 Å². The second-order valence-corrected chi connectivity index (χ2v) is 3.34. The Kier molecular flexibility index (Phi) is 4.76. The molecular weight excluding hydrogens is 251 g/mol. The van der Waals surface area contributed by atoms with Crippen LogP contribution in [0.15, 0.2) is 49.1 Å². The summed E-state index contributed by atoms with van der Waals surface area (Å²) in [6.07, 6.45) is 5.63. The van der Waals surface area contributed by atoms with Crippen molar-refractivity contribution >= 4 is 7.25 Å². The molecule has 3 nitrogen and oxygen atoms in total. The van der Waals surface area contributed by atoms with E-state index in [0.29, 0.717) is 0 Å². The number of aromatic nitrogens is 2. The molecule has 0 radical (unpaired) electrons. The van der Waals surface area contributed by atoms with Crippen molar-refractivity contribution in [2.75, 3.05) is 0 Å². The van der Waals surface area contributed by atoms with Crippen molar-refractivity contribution in [1.82, 2.24) is 4.73 Å². The lowest BCUT2D eigenvalue weighted by atomic mass is 10.3. The molecule has 0 unspecified atom stereocenters. The Balaban J connectivity index is 0.000000280. The third kappa shape index (κ3) is 6.57. The lowest BCUT2D eigenvalue weighted by molar-refractivity contribution is -0.671. The van der Waals surface area contributed by atoms with E-state index in [1.165, 1.54) is 0 Å². The Bertz CT molecular complexity index is 466. The van der Waals surface area contributed by atoms with Crippen molar-refractivity contribution in [2.24, 2.45) is 7.05 Å². The number of imidazole rings is 1. The highest BCUT2D eigenvalue weighted by Gasteiger charge is 2.20. The van der Waals surface area contributed by atoms with E-state index in [1.54, 1.807) is 4.73 Å². The Hall–Kier alpha value is -1.99. The number of benzene rings is 1. The molecule has 0 bridgehead atoms. The molecule has 0 aliphatic rings. The van der Waals surface area contributed by atoms with Crippen LogP contribution in [0, 0.1) is 0 Å². The van der Waals surface area contributed by atoms with Crippen LogP contribution in [0.25, 0.3) is 0 Å². The van der Waals surface area contributed by atoms with Crippen LogP contribution in [0.4, 0.5) is 17.3 Å². The highest BCUT2D eigenvalue weighted by molar-refractivity contribution is 6.50. The van der Waals surface area contributed by atoms with Gasteiger partial charge in [-0.05, 0) is 16.9 Å². The predicted molar refractivity (Wildman–Crippen MR) is 58.3 cm³/mol. The Morgan fingerprint density at radius 3 is 2.11 bits per heavy atom. The number of aryl methyl sites for hydroxylation is 1. The van der Waals surface area contributed by atoms with Gasteiger partial charge in [-0.2, -0.15) is 0 Å². The Morgan fingerprint density at radius 1 is 1.11 bits per heavy atom. The second kappa shape index (κ2) is 6.09. The van der Waals surface area contributed by atoms with Crippen LogP contribution in [0.5, 0.6) is 5.75 Å². The van der Waals surface area contributed by atoms with Gasteiger partial charge in [0.1, 0.15) is 6.20 Å². The van der Waals surface area contributed by atoms with E-state index in [9.17, 15) is 17.3 Å². The lowest BCUT2D eigenvalue weighted by Gasteiger charge is -1.96. The number of rotatable bonds is 2. The molecule has 0 atom stereocenters. The molecule has 18 heavy (non-hydrogen) atoms. The Labute approximate surface area is 101 Å². The first kappa shape index (κ1) is 14.1. The summed E-state index contributed by atoms with van der Waals surface area (Å²) in [5.74, 6) is 0.832. The summed E-state index contributed by atoms with van der Waals surface area (Å²) < 4.78 is 42.6. The highest BCUT2D eigenvalue weighted by Crippen LogP contribution is 2.08. The van der Waals surface area contributed by atoms with Crippen molar-refractivity contribution in [2.45, 2.75) is 0 Å². The van der Waals surface area contributed by atoms with Gasteiger partial charge in [-0.25, -0.2) is 4.57 Å². The molecule has 0 N–H and O–H groups in total. The minimum atomic E-state index is -6.00. The van der Waals surface area contributed by atoms with E-state index in [1.807, 2.05) is 60.7 Å². The van der Waals surface area contributed by atoms with Crippen LogP contribution in [-0.2, 0) is 7.05 Å². The zero-order valence-electron chi connectivity index (χ0n) is 9.51. The van der Waals surface area contributed by atoms with E-state index in [-0.39, 0.29) is 0 Å². The second-order valence-electron chi connectivity index (χ2n) is 3.34. The zero-order chi connectivity index (χ0) is 13.6. The molecule has 1 heterocycles. The van der Waals surface area contributed by atoms with Crippen LogP contribution < -0.4 is 9.40 Å². The first-order chi connectivity index (χ1) is 8.34. The average Bonchev–Trinajstić information content (AvgIpc) is 2.63. The van der Waals surface area contributed by atoms with Gasteiger partial charge in [0.2, 0.25) is 0 Å². The SMILES string of the molecule is C[n+]1ccn(Oc2ccccc2)c1.F[B-](F)(F)F. The molecule has 0 aliphatic carbocycles. The van der Waals surface area contributed by atoms with E-state index in [4.69, 9.17) is 4.84 Å². The van der Waals surface area contributed by atoms with Gasteiger partial charge in [-0.3, -0.25) is 4.84 Å². The van der Waals surface area contributed by atoms with Gasteiger partial charge in [0.15, 0.2) is 11.9 Å². The van der Waals surface area contributed by atoms with Crippen molar-refractivity contribution in [1.29, 1.82) is 0 Å². The molecule has 1 aromatic heterocycles. The van der Waals surface area contributed by atoms with E-state index in [0.717, 1.165) is 5.75 Å². The van der Waals surface area contributed by atoms with Gasteiger partial charge in [-0.1, -0.05) is 18.2 Å². The summed E-state index contributed by atoms with van der Waals surface area (Å²) in [5.41, 5.74) is 0. The maximum Gasteiger partial charge on any atom is 0.673 e. The minimum absolute atomic E-state index is 0.832. The summed E-state index contributed by atoms with van der Waals surface area (Å²) in [4.78, 5) is 5.50. The van der Waals surface area contributed by atoms with Gasteiger partial charge in [-0.15, -0.1) is 0 Å². The van der Waals surface area contributed by atoms with Crippen LogP contribution in [0.3, 0.4) is 0 Å². The first-order valence-electron chi connectivity index (χ1n) is 4.98. The maximum absolute atomic E-state index is 9.75. The van der Waals surface area contributed by atoms with Crippen LogP contribution in [0.2, 0.25) is 0 Å². The largest absolute Gasteiger partial charge is 0.673 e.